The van der Waals surface area contributed by atoms with Gasteiger partial charge in [0.1, 0.15) is 12.7 Å². The molecule has 26 heavy (non-hydrogen) atoms. The van der Waals surface area contributed by atoms with Crippen molar-refractivity contribution in [1.29, 1.82) is 0 Å². The van der Waals surface area contributed by atoms with E-state index in [1.165, 1.54) is 22.3 Å². The second-order valence-corrected chi connectivity index (χ2v) is 7.20. The normalized spacial score (nSPS) is 18.6. The number of aliphatic carboxylic acids is 1. The highest BCUT2D eigenvalue weighted by atomic mass is 16.4. The number of aromatic nitrogens is 3. The van der Waals surface area contributed by atoms with Crippen LogP contribution in [0.3, 0.4) is 0 Å². The Morgan fingerprint density at radius 2 is 2.04 bits per heavy atom. The number of hydrogen-bond donors (Lipinski definition) is 2. The van der Waals surface area contributed by atoms with Crippen molar-refractivity contribution in [3.05, 3.63) is 47.0 Å². The Morgan fingerprint density at radius 1 is 1.27 bits per heavy atom. The molecule has 1 fully saturated rings. The second kappa shape index (κ2) is 8.42. The van der Waals surface area contributed by atoms with E-state index in [9.17, 15) is 4.79 Å². The van der Waals surface area contributed by atoms with Crippen LogP contribution >= 0.6 is 0 Å². The van der Waals surface area contributed by atoms with E-state index in [4.69, 9.17) is 5.11 Å². The van der Waals surface area contributed by atoms with E-state index in [0.29, 0.717) is 6.54 Å². The van der Waals surface area contributed by atoms with Crippen LogP contribution in [0.4, 0.5) is 0 Å². The van der Waals surface area contributed by atoms with Crippen molar-refractivity contribution in [2.45, 2.75) is 33.4 Å². The van der Waals surface area contributed by atoms with Crippen LogP contribution in [0.25, 0.3) is 0 Å². The molecule has 1 atom stereocenters. The molecule has 1 aliphatic heterocycles. The fourth-order valence-corrected chi connectivity index (χ4v) is 3.61. The van der Waals surface area contributed by atoms with Gasteiger partial charge in [-0.05, 0) is 48.6 Å². The molecular formula is C19H27N5O2. The minimum absolute atomic E-state index is 0.148. The highest BCUT2D eigenvalue weighted by Gasteiger charge is 2.21. The molecule has 0 radical (unpaired) electrons. The van der Waals surface area contributed by atoms with Gasteiger partial charge in [-0.25, -0.2) is 9.67 Å². The molecule has 1 saturated heterocycles. The summed E-state index contributed by atoms with van der Waals surface area (Å²) in [7, 11) is 0. The Kier molecular flexibility index (Phi) is 6.00. The first-order valence-corrected chi connectivity index (χ1v) is 9.07. The molecule has 1 unspecified atom stereocenters. The van der Waals surface area contributed by atoms with Gasteiger partial charge < -0.3 is 10.4 Å². The lowest BCUT2D eigenvalue weighted by molar-refractivity contribution is -0.138. The number of aryl methyl sites for hydroxylation is 2. The third kappa shape index (κ3) is 4.89. The monoisotopic (exact) mass is 357 g/mol. The number of nitrogens with one attached hydrogen (secondary N) is 1. The van der Waals surface area contributed by atoms with Crippen LogP contribution in [0.1, 0.15) is 28.7 Å². The van der Waals surface area contributed by atoms with E-state index in [1.807, 2.05) is 4.68 Å². The van der Waals surface area contributed by atoms with E-state index in [-0.39, 0.29) is 12.3 Å². The van der Waals surface area contributed by atoms with Crippen molar-refractivity contribution < 1.29 is 9.90 Å². The van der Waals surface area contributed by atoms with Gasteiger partial charge in [0.25, 0.3) is 0 Å². The largest absolute Gasteiger partial charge is 0.481 e. The second-order valence-electron chi connectivity index (χ2n) is 7.20. The summed E-state index contributed by atoms with van der Waals surface area (Å²) in [4.78, 5) is 17.5. The summed E-state index contributed by atoms with van der Waals surface area (Å²) in [6, 6.07) is 4.49. The summed E-state index contributed by atoms with van der Waals surface area (Å²) in [5, 5.41) is 16.7. The molecule has 7 heteroatoms. The van der Waals surface area contributed by atoms with Gasteiger partial charge >= 0.3 is 5.97 Å². The Bertz CT molecular complexity index is 745. The zero-order valence-electron chi connectivity index (χ0n) is 15.5. The van der Waals surface area contributed by atoms with Gasteiger partial charge in [0.05, 0.1) is 13.0 Å². The van der Waals surface area contributed by atoms with Crippen LogP contribution in [0, 0.1) is 19.8 Å². The molecule has 1 aliphatic rings. The number of carbonyl (C=O) groups is 1. The van der Waals surface area contributed by atoms with Crippen LogP contribution in [-0.2, 0) is 17.9 Å². The van der Waals surface area contributed by atoms with Gasteiger partial charge in [0.2, 0.25) is 0 Å². The van der Waals surface area contributed by atoms with Gasteiger partial charge in [-0.2, -0.15) is 5.10 Å². The molecule has 2 N–H and O–H groups in total. The standard InChI is InChI=1S/C19H27N5O2/c1-14-5-15(2)18(11-24-13-21-12-22-24)7-17(14)10-23-4-3-20-8-16(9-23)6-19(25)26/h5,7,12-13,16,20H,3-4,6,8-11H2,1-2H3,(H,25,26). The topological polar surface area (TPSA) is 83.3 Å². The number of nitrogens with zero attached hydrogens (tertiary/aromatic N) is 4. The van der Waals surface area contributed by atoms with Crippen LogP contribution in [0.5, 0.6) is 0 Å². The van der Waals surface area contributed by atoms with Crippen molar-refractivity contribution >= 4 is 5.97 Å². The quantitative estimate of drug-likeness (QED) is 0.814. The van der Waals surface area contributed by atoms with Crippen LogP contribution in [-0.4, -0.2) is 56.9 Å². The summed E-state index contributed by atoms with van der Waals surface area (Å²) < 4.78 is 1.83. The van der Waals surface area contributed by atoms with Gasteiger partial charge in [-0.1, -0.05) is 12.1 Å². The Hall–Kier alpha value is -2.25. The van der Waals surface area contributed by atoms with Crippen molar-refractivity contribution in [3.8, 4) is 0 Å². The van der Waals surface area contributed by atoms with Crippen molar-refractivity contribution in [3.63, 3.8) is 0 Å². The van der Waals surface area contributed by atoms with Crippen LogP contribution in [0.2, 0.25) is 0 Å². The van der Waals surface area contributed by atoms with Crippen LogP contribution in [0.15, 0.2) is 24.8 Å². The molecule has 7 nitrogen and oxygen atoms in total. The number of carboxylic acids is 1. The SMILES string of the molecule is Cc1cc(C)c(Cn2cncn2)cc1CN1CCNCC(CC(=O)O)C1. The molecule has 140 valence electrons. The third-order valence-electron chi connectivity index (χ3n) is 5.00. The van der Waals surface area contributed by atoms with E-state index in [1.54, 1.807) is 12.7 Å². The van der Waals surface area contributed by atoms with Crippen molar-refractivity contribution in [2.24, 2.45) is 5.92 Å². The lowest BCUT2D eigenvalue weighted by atomic mass is 9.99. The predicted molar refractivity (Wildman–Crippen MR) is 98.9 cm³/mol. The van der Waals surface area contributed by atoms with Crippen LogP contribution < -0.4 is 5.32 Å². The first kappa shape index (κ1) is 18.5. The molecule has 0 saturated carbocycles. The van der Waals surface area contributed by atoms with E-state index >= 15 is 0 Å². The number of rotatable bonds is 6. The zero-order valence-corrected chi connectivity index (χ0v) is 15.5. The zero-order chi connectivity index (χ0) is 18.5. The minimum atomic E-state index is -0.722. The Labute approximate surface area is 154 Å². The highest BCUT2D eigenvalue weighted by molar-refractivity contribution is 5.67. The maximum Gasteiger partial charge on any atom is 0.303 e. The van der Waals surface area contributed by atoms with Gasteiger partial charge in [0, 0.05) is 26.2 Å². The van der Waals surface area contributed by atoms with Gasteiger partial charge in [-0.15, -0.1) is 0 Å². The molecule has 2 aromatic rings. The molecule has 0 bridgehead atoms. The summed E-state index contributed by atoms with van der Waals surface area (Å²) in [6.45, 7) is 9.23. The van der Waals surface area contributed by atoms with E-state index in [0.717, 1.165) is 32.7 Å². The first-order chi connectivity index (χ1) is 12.5. The van der Waals surface area contributed by atoms with Gasteiger partial charge in [-0.3, -0.25) is 9.69 Å². The van der Waals surface area contributed by atoms with E-state index in [2.05, 4.69) is 46.3 Å². The third-order valence-corrected chi connectivity index (χ3v) is 5.00. The molecule has 1 aromatic carbocycles. The van der Waals surface area contributed by atoms with Crippen molar-refractivity contribution in [1.82, 2.24) is 25.0 Å². The Morgan fingerprint density at radius 3 is 2.73 bits per heavy atom. The molecular weight excluding hydrogens is 330 g/mol. The predicted octanol–water partition coefficient (Wildman–Crippen LogP) is 1.44. The molecule has 0 amide bonds. The molecule has 1 aromatic heterocycles. The molecule has 0 aliphatic carbocycles. The fourth-order valence-electron chi connectivity index (χ4n) is 3.61. The van der Waals surface area contributed by atoms with E-state index < -0.39 is 5.97 Å². The van der Waals surface area contributed by atoms with Crippen molar-refractivity contribution in [2.75, 3.05) is 26.2 Å². The smallest absolute Gasteiger partial charge is 0.303 e. The number of benzene rings is 1. The number of carboxylic acid groups (broad SMARTS) is 1. The molecule has 3 rings (SSSR count). The highest BCUT2D eigenvalue weighted by Crippen LogP contribution is 2.20. The first-order valence-electron chi connectivity index (χ1n) is 9.07. The summed E-state index contributed by atoms with van der Waals surface area (Å²) in [5.74, 6) is -0.573. The average molecular weight is 357 g/mol. The lowest BCUT2D eigenvalue weighted by Crippen LogP contribution is -2.31. The summed E-state index contributed by atoms with van der Waals surface area (Å²) in [6.07, 6.45) is 3.50. The molecule has 2 heterocycles. The Balaban J connectivity index is 1.74. The summed E-state index contributed by atoms with van der Waals surface area (Å²) in [5.41, 5.74) is 5.06. The maximum atomic E-state index is 11.1. The maximum absolute atomic E-state index is 11.1. The fraction of sp³-hybridized carbons (Fsp3) is 0.526. The average Bonchev–Trinajstić information content (AvgIpc) is 2.98. The van der Waals surface area contributed by atoms with Gasteiger partial charge in [0.15, 0.2) is 0 Å². The molecule has 0 spiro atoms. The summed E-state index contributed by atoms with van der Waals surface area (Å²) >= 11 is 0. The lowest BCUT2D eigenvalue weighted by Gasteiger charge is -2.24. The minimum Gasteiger partial charge on any atom is -0.481 e. The number of hydrogen-bond acceptors (Lipinski definition) is 5.